The van der Waals surface area contributed by atoms with Crippen molar-refractivity contribution in [1.29, 1.82) is 0 Å². The summed E-state index contributed by atoms with van der Waals surface area (Å²) >= 11 is 9.39. The number of rotatable bonds is 4. The van der Waals surface area contributed by atoms with Gasteiger partial charge in [0.2, 0.25) is 0 Å². The van der Waals surface area contributed by atoms with Crippen molar-refractivity contribution in [3.63, 3.8) is 0 Å². The molecule has 0 atom stereocenters. The van der Waals surface area contributed by atoms with Crippen LogP contribution in [0.5, 0.6) is 0 Å². The molecule has 0 saturated carbocycles. The highest BCUT2D eigenvalue weighted by Crippen LogP contribution is 2.23. The van der Waals surface area contributed by atoms with Crippen molar-refractivity contribution in [1.82, 2.24) is 19.9 Å². The van der Waals surface area contributed by atoms with Crippen molar-refractivity contribution >= 4 is 39.1 Å². The first kappa shape index (κ1) is 16.8. The average Bonchev–Trinajstić information content (AvgIpc) is 3.26. The van der Waals surface area contributed by atoms with Crippen LogP contribution in [0.25, 0.3) is 17.0 Å². The van der Waals surface area contributed by atoms with Crippen LogP contribution in [-0.4, -0.2) is 20.4 Å². The number of carbonyl (C=O) groups excluding carboxylic acids is 1. The van der Waals surface area contributed by atoms with E-state index in [1.807, 2.05) is 41.1 Å². The zero-order valence-electron chi connectivity index (χ0n) is 13.3. The molecule has 3 aromatic heterocycles. The summed E-state index contributed by atoms with van der Waals surface area (Å²) in [5, 5.41) is 7.21. The molecule has 0 fully saturated rings. The summed E-state index contributed by atoms with van der Waals surface area (Å²) in [6.45, 7) is 0.289. The highest BCUT2D eigenvalue weighted by atomic mass is 79.9. The monoisotopic (exact) mass is 430 g/mol. The fourth-order valence-electron chi connectivity index (χ4n) is 2.52. The third-order valence-corrected chi connectivity index (χ3v) is 4.45. The van der Waals surface area contributed by atoms with Crippen LogP contribution in [0.15, 0.2) is 63.9 Å². The number of imidazole rings is 1. The lowest BCUT2D eigenvalue weighted by Crippen LogP contribution is -2.23. The maximum absolute atomic E-state index is 12.3. The maximum atomic E-state index is 12.3. The number of nitrogens with zero attached hydrogens (tertiary/aromatic N) is 3. The molecule has 8 heteroatoms. The minimum atomic E-state index is -0.333. The molecule has 3 heterocycles. The summed E-state index contributed by atoms with van der Waals surface area (Å²) in [5.74, 6) is 0.149. The van der Waals surface area contributed by atoms with E-state index in [-0.39, 0.29) is 18.1 Å². The molecule has 130 valence electrons. The van der Waals surface area contributed by atoms with E-state index in [1.54, 1.807) is 18.2 Å². The summed E-state index contributed by atoms with van der Waals surface area (Å²) in [6, 6.07) is 12.6. The Balaban J connectivity index is 1.46. The summed E-state index contributed by atoms with van der Waals surface area (Å²) < 4.78 is 8.09. The van der Waals surface area contributed by atoms with Crippen LogP contribution in [0.2, 0.25) is 5.02 Å². The highest BCUT2D eigenvalue weighted by Gasteiger charge is 2.14. The van der Waals surface area contributed by atoms with Gasteiger partial charge in [-0.05, 0) is 40.2 Å². The van der Waals surface area contributed by atoms with Gasteiger partial charge in [-0.2, -0.15) is 0 Å². The van der Waals surface area contributed by atoms with E-state index in [0.29, 0.717) is 10.8 Å². The van der Waals surface area contributed by atoms with Crippen LogP contribution in [0.1, 0.15) is 16.2 Å². The quantitative estimate of drug-likeness (QED) is 0.522. The minimum absolute atomic E-state index is 0.200. The standard InChI is InChI=1S/C18H12BrClN4O2/c19-12-4-5-17-22-14(10-24(17)9-12)8-21-18(25)15-7-16(26-23-15)11-2-1-3-13(20)6-11/h1-7,9-10H,8H2,(H,21,25). The van der Waals surface area contributed by atoms with E-state index in [2.05, 4.69) is 31.4 Å². The fraction of sp³-hybridized carbons (Fsp3) is 0.0556. The minimum Gasteiger partial charge on any atom is -0.355 e. The van der Waals surface area contributed by atoms with Gasteiger partial charge in [0, 0.05) is 33.5 Å². The average molecular weight is 432 g/mol. The largest absolute Gasteiger partial charge is 0.355 e. The number of hydrogen-bond acceptors (Lipinski definition) is 4. The van der Waals surface area contributed by atoms with Crippen LogP contribution in [0, 0.1) is 0 Å². The zero-order valence-corrected chi connectivity index (χ0v) is 15.7. The summed E-state index contributed by atoms with van der Waals surface area (Å²) in [4.78, 5) is 16.7. The summed E-state index contributed by atoms with van der Waals surface area (Å²) in [6.07, 6.45) is 3.77. The van der Waals surface area contributed by atoms with Gasteiger partial charge in [0.05, 0.1) is 12.2 Å². The van der Waals surface area contributed by atoms with Crippen LogP contribution in [-0.2, 0) is 6.54 Å². The molecule has 0 aliphatic carbocycles. The van der Waals surface area contributed by atoms with Crippen LogP contribution in [0.3, 0.4) is 0 Å². The number of hydrogen-bond donors (Lipinski definition) is 1. The van der Waals surface area contributed by atoms with Crippen molar-refractivity contribution in [3.05, 3.63) is 75.7 Å². The van der Waals surface area contributed by atoms with Gasteiger partial charge in [-0.25, -0.2) is 4.98 Å². The molecule has 0 spiro atoms. The van der Waals surface area contributed by atoms with Crippen LogP contribution >= 0.6 is 27.5 Å². The summed E-state index contributed by atoms with van der Waals surface area (Å²) in [5.41, 5.74) is 2.51. The molecular weight excluding hydrogens is 420 g/mol. The van der Waals surface area contributed by atoms with E-state index in [9.17, 15) is 4.79 Å². The molecule has 26 heavy (non-hydrogen) atoms. The SMILES string of the molecule is O=C(NCc1cn2cc(Br)ccc2n1)c1cc(-c2cccc(Cl)c2)on1. The van der Waals surface area contributed by atoms with Gasteiger partial charge in [0.25, 0.3) is 5.91 Å². The molecule has 0 unspecified atom stereocenters. The van der Waals surface area contributed by atoms with Crippen LogP contribution in [0.4, 0.5) is 0 Å². The lowest BCUT2D eigenvalue weighted by Gasteiger charge is -1.98. The van der Waals surface area contributed by atoms with Crippen molar-refractivity contribution in [3.8, 4) is 11.3 Å². The smallest absolute Gasteiger partial charge is 0.273 e. The highest BCUT2D eigenvalue weighted by molar-refractivity contribution is 9.10. The van der Waals surface area contributed by atoms with Gasteiger partial charge in [-0.1, -0.05) is 28.9 Å². The molecule has 0 aliphatic rings. The number of aromatic nitrogens is 3. The van der Waals surface area contributed by atoms with Gasteiger partial charge >= 0.3 is 0 Å². The Labute approximate surface area is 161 Å². The molecule has 0 aliphatic heterocycles. The molecule has 6 nitrogen and oxygen atoms in total. The molecule has 1 aromatic carbocycles. The lowest BCUT2D eigenvalue weighted by molar-refractivity contribution is 0.0941. The predicted molar refractivity (Wildman–Crippen MR) is 101 cm³/mol. The van der Waals surface area contributed by atoms with E-state index in [4.69, 9.17) is 16.1 Å². The first-order valence-electron chi connectivity index (χ1n) is 7.72. The Morgan fingerprint density at radius 1 is 1.23 bits per heavy atom. The van der Waals surface area contributed by atoms with Crippen molar-refractivity contribution in [2.45, 2.75) is 6.54 Å². The lowest BCUT2D eigenvalue weighted by atomic mass is 10.1. The second-order valence-electron chi connectivity index (χ2n) is 5.61. The van der Waals surface area contributed by atoms with Gasteiger partial charge in [0.15, 0.2) is 11.5 Å². The number of nitrogens with one attached hydrogen (secondary N) is 1. The van der Waals surface area contributed by atoms with E-state index in [1.165, 1.54) is 0 Å². The Morgan fingerprint density at radius 2 is 2.12 bits per heavy atom. The molecule has 0 saturated heterocycles. The van der Waals surface area contributed by atoms with Gasteiger partial charge < -0.3 is 14.2 Å². The van der Waals surface area contributed by atoms with E-state index in [0.717, 1.165) is 21.4 Å². The Bertz CT molecular complexity index is 1110. The second kappa shape index (κ2) is 6.93. The number of fused-ring (bicyclic) bond motifs is 1. The molecular formula is C18H12BrClN4O2. The first-order chi connectivity index (χ1) is 12.6. The number of amides is 1. The molecule has 4 aromatic rings. The summed E-state index contributed by atoms with van der Waals surface area (Å²) in [7, 11) is 0. The van der Waals surface area contributed by atoms with E-state index >= 15 is 0 Å². The van der Waals surface area contributed by atoms with Gasteiger partial charge in [-0.15, -0.1) is 0 Å². The molecule has 0 bridgehead atoms. The third kappa shape index (κ3) is 3.49. The number of halogens is 2. The number of pyridine rings is 1. The van der Waals surface area contributed by atoms with Crippen molar-refractivity contribution < 1.29 is 9.32 Å². The van der Waals surface area contributed by atoms with Crippen LogP contribution < -0.4 is 5.32 Å². The fourth-order valence-corrected chi connectivity index (χ4v) is 3.07. The predicted octanol–water partition coefficient (Wildman–Crippen LogP) is 4.34. The van der Waals surface area contributed by atoms with E-state index < -0.39 is 0 Å². The Kier molecular flexibility index (Phi) is 4.48. The maximum Gasteiger partial charge on any atom is 0.273 e. The van der Waals surface area contributed by atoms with Gasteiger partial charge in [-0.3, -0.25) is 4.79 Å². The molecule has 0 radical (unpaired) electrons. The molecule has 4 rings (SSSR count). The Hall–Kier alpha value is -2.64. The van der Waals surface area contributed by atoms with Crippen molar-refractivity contribution in [2.24, 2.45) is 0 Å². The second-order valence-corrected chi connectivity index (χ2v) is 6.97. The first-order valence-corrected chi connectivity index (χ1v) is 8.89. The van der Waals surface area contributed by atoms with Gasteiger partial charge in [0.1, 0.15) is 5.65 Å². The molecule has 1 N–H and O–H groups in total. The topological polar surface area (TPSA) is 72.4 Å². The number of benzene rings is 1. The Morgan fingerprint density at radius 3 is 2.96 bits per heavy atom. The zero-order chi connectivity index (χ0) is 18.1. The molecule has 1 amide bonds. The number of carbonyl (C=O) groups is 1. The third-order valence-electron chi connectivity index (χ3n) is 3.75. The normalized spacial score (nSPS) is 11.0. The van der Waals surface area contributed by atoms with Crippen molar-refractivity contribution in [2.75, 3.05) is 0 Å².